The third-order valence-corrected chi connectivity index (χ3v) is 4.11. The zero-order valence-electron chi connectivity index (χ0n) is 12.4. The van der Waals surface area contributed by atoms with Gasteiger partial charge in [-0.1, -0.05) is 18.2 Å². The van der Waals surface area contributed by atoms with Gasteiger partial charge in [0.25, 0.3) is 0 Å². The van der Waals surface area contributed by atoms with E-state index in [9.17, 15) is 0 Å². The van der Waals surface area contributed by atoms with Crippen molar-refractivity contribution >= 4 is 5.69 Å². The molecule has 1 aromatic rings. The van der Waals surface area contributed by atoms with E-state index in [1.165, 1.54) is 23.2 Å². The molecule has 1 heterocycles. The van der Waals surface area contributed by atoms with Crippen LogP contribution in [-0.4, -0.2) is 24.7 Å². The van der Waals surface area contributed by atoms with Crippen LogP contribution in [0.25, 0.3) is 0 Å². The van der Waals surface area contributed by atoms with Crippen LogP contribution in [0.15, 0.2) is 18.2 Å². The smallest absolute Gasteiger partial charge is 0.0470 e. The van der Waals surface area contributed by atoms with E-state index in [2.05, 4.69) is 63.0 Å². The predicted molar refractivity (Wildman–Crippen MR) is 79.4 cm³/mol. The van der Waals surface area contributed by atoms with Crippen molar-refractivity contribution in [3.05, 3.63) is 29.3 Å². The van der Waals surface area contributed by atoms with E-state index in [4.69, 9.17) is 0 Å². The highest BCUT2D eigenvalue weighted by Gasteiger charge is 2.31. The molecule has 0 bridgehead atoms. The highest BCUT2D eigenvalue weighted by Crippen LogP contribution is 2.31. The van der Waals surface area contributed by atoms with Gasteiger partial charge in [0.2, 0.25) is 0 Å². The van der Waals surface area contributed by atoms with Gasteiger partial charge in [-0.2, -0.15) is 0 Å². The average Bonchev–Trinajstić information content (AvgIpc) is 2.41. The summed E-state index contributed by atoms with van der Waals surface area (Å²) in [5.41, 5.74) is 4.37. The Labute approximate surface area is 111 Å². The molecule has 100 valence electrons. The van der Waals surface area contributed by atoms with Gasteiger partial charge in [0.1, 0.15) is 0 Å². The van der Waals surface area contributed by atoms with Gasteiger partial charge in [0.15, 0.2) is 0 Å². The first-order valence-corrected chi connectivity index (χ1v) is 6.99. The molecule has 18 heavy (non-hydrogen) atoms. The molecular formula is C16H26N2. The lowest BCUT2D eigenvalue weighted by Crippen LogP contribution is -2.49. The van der Waals surface area contributed by atoms with Crippen LogP contribution in [0.4, 0.5) is 5.69 Å². The van der Waals surface area contributed by atoms with Gasteiger partial charge in [-0.25, -0.2) is 0 Å². The molecule has 1 N–H and O–H groups in total. The average molecular weight is 246 g/mol. The molecule has 0 saturated carbocycles. The molecule has 0 aliphatic carbocycles. The Bertz CT molecular complexity index is 403. The Hall–Kier alpha value is -1.02. The molecule has 1 aromatic carbocycles. The maximum atomic E-state index is 3.63. The molecule has 0 aromatic heterocycles. The van der Waals surface area contributed by atoms with E-state index in [-0.39, 0.29) is 5.54 Å². The number of rotatable bonds is 1. The fraction of sp³-hybridized carbons (Fsp3) is 0.625. The predicted octanol–water partition coefficient (Wildman–Crippen LogP) is 3.27. The van der Waals surface area contributed by atoms with Crippen LogP contribution in [0.3, 0.4) is 0 Å². The number of anilines is 1. The summed E-state index contributed by atoms with van der Waals surface area (Å²) in [5, 5.41) is 3.63. The Balaban J connectivity index is 2.41. The van der Waals surface area contributed by atoms with Gasteiger partial charge in [0.05, 0.1) is 0 Å². The number of para-hydroxylation sites is 1. The normalized spacial score (nSPS) is 23.8. The molecule has 1 fully saturated rings. The van der Waals surface area contributed by atoms with E-state index in [0.29, 0.717) is 6.04 Å². The second-order valence-corrected chi connectivity index (χ2v) is 6.28. The maximum Gasteiger partial charge on any atom is 0.0470 e. The number of hydrogen-bond acceptors (Lipinski definition) is 2. The number of hydrogen-bond donors (Lipinski definition) is 1. The molecule has 1 aliphatic rings. The summed E-state index contributed by atoms with van der Waals surface area (Å²) in [7, 11) is 0. The van der Waals surface area contributed by atoms with Crippen molar-refractivity contribution in [1.82, 2.24) is 5.32 Å². The highest BCUT2D eigenvalue weighted by molar-refractivity contribution is 5.60. The third-order valence-electron chi connectivity index (χ3n) is 4.11. The first kappa shape index (κ1) is 13.4. The number of nitrogens with zero attached hydrogens (tertiary/aromatic N) is 1. The van der Waals surface area contributed by atoms with Crippen LogP contribution >= 0.6 is 0 Å². The minimum absolute atomic E-state index is 0.168. The summed E-state index contributed by atoms with van der Waals surface area (Å²) >= 11 is 0. The van der Waals surface area contributed by atoms with E-state index < -0.39 is 0 Å². The van der Waals surface area contributed by atoms with E-state index in [1.54, 1.807) is 0 Å². The third kappa shape index (κ3) is 2.54. The summed E-state index contributed by atoms with van der Waals surface area (Å²) in [6, 6.07) is 7.21. The number of nitrogens with one attached hydrogen (secondary N) is 1. The monoisotopic (exact) mass is 246 g/mol. The van der Waals surface area contributed by atoms with E-state index in [1.807, 2.05) is 0 Å². The second kappa shape index (κ2) is 4.93. The first-order valence-electron chi connectivity index (χ1n) is 6.99. The van der Waals surface area contributed by atoms with Crippen LogP contribution in [0.2, 0.25) is 0 Å². The summed E-state index contributed by atoms with van der Waals surface area (Å²) in [4.78, 5) is 2.59. The standard InChI is InChI=1S/C16H26N2/c1-12-7-6-8-13(2)15(12)18-10-9-14(3)17-11-16(18,4)5/h6-8,14,17H,9-11H2,1-5H3. The molecule has 2 rings (SSSR count). The Morgan fingerprint density at radius 2 is 1.83 bits per heavy atom. The topological polar surface area (TPSA) is 15.3 Å². The summed E-state index contributed by atoms with van der Waals surface area (Å²) in [5.74, 6) is 0. The van der Waals surface area contributed by atoms with Crippen molar-refractivity contribution in [3.8, 4) is 0 Å². The fourth-order valence-electron chi connectivity index (χ4n) is 2.89. The Morgan fingerprint density at radius 3 is 2.44 bits per heavy atom. The molecular weight excluding hydrogens is 220 g/mol. The summed E-state index contributed by atoms with van der Waals surface area (Å²) in [6.45, 7) is 13.6. The fourth-order valence-corrected chi connectivity index (χ4v) is 2.89. The van der Waals surface area contributed by atoms with Crippen LogP contribution in [0.5, 0.6) is 0 Å². The molecule has 2 nitrogen and oxygen atoms in total. The highest BCUT2D eigenvalue weighted by atomic mass is 15.2. The molecule has 0 spiro atoms. The molecule has 1 saturated heterocycles. The SMILES string of the molecule is Cc1cccc(C)c1N1CCC(C)NCC1(C)C. The Morgan fingerprint density at radius 1 is 1.22 bits per heavy atom. The van der Waals surface area contributed by atoms with Gasteiger partial charge in [-0.15, -0.1) is 0 Å². The molecule has 1 atom stereocenters. The van der Waals surface area contributed by atoms with Gasteiger partial charge in [-0.05, 0) is 52.2 Å². The zero-order valence-corrected chi connectivity index (χ0v) is 12.4. The second-order valence-electron chi connectivity index (χ2n) is 6.28. The first-order chi connectivity index (χ1) is 8.42. The van der Waals surface area contributed by atoms with Crippen molar-refractivity contribution in [1.29, 1.82) is 0 Å². The lowest BCUT2D eigenvalue weighted by Gasteiger charge is -2.40. The van der Waals surface area contributed by atoms with Crippen LogP contribution in [0, 0.1) is 13.8 Å². The maximum absolute atomic E-state index is 3.63. The molecule has 0 radical (unpaired) electrons. The lowest BCUT2D eigenvalue weighted by atomic mass is 9.98. The van der Waals surface area contributed by atoms with E-state index in [0.717, 1.165) is 13.1 Å². The minimum atomic E-state index is 0.168. The van der Waals surface area contributed by atoms with Crippen LogP contribution < -0.4 is 10.2 Å². The minimum Gasteiger partial charge on any atom is -0.365 e. The van der Waals surface area contributed by atoms with Gasteiger partial charge < -0.3 is 10.2 Å². The number of benzene rings is 1. The Kier molecular flexibility index (Phi) is 3.67. The van der Waals surface area contributed by atoms with E-state index >= 15 is 0 Å². The van der Waals surface area contributed by atoms with Gasteiger partial charge in [0, 0.05) is 30.4 Å². The van der Waals surface area contributed by atoms with Crippen molar-refractivity contribution in [2.45, 2.75) is 52.6 Å². The van der Waals surface area contributed by atoms with Crippen molar-refractivity contribution in [2.75, 3.05) is 18.0 Å². The molecule has 0 amide bonds. The van der Waals surface area contributed by atoms with Crippen molar-refractivity contribution in [2.24, 2.45) is 0 Å². The van der Waals surface area contributed by atoms with Crippen LogP contribution in [0.1, 0.15) is 38.3 Å². The largest absolute Gasteiger partial charge is 0.365 e. The number of aryl methyl sites for hydroxylation is 2. The summed E-state index contributed by atoms with van der Waals surface area (Å²) in [6.07, 6.45) is 1.21. The lowest BCUT2D eigenvalue weighted by molar-refractivity contribution is 0.446. The quantitative estimate of drug-likeness (QED) is 0.818. The molecule has 2 heteroatoms. The van der Waals surface area contributed by atoms with Crippen LogP contribution in [-0.2, 0) is 0 Å². The van der Waals surface area contributed by atoms with Crippen molar-refractivity contribution < 1.29 is 0 Å². The van der Waals surface area contributed by atoms with Gasteiger partial charge >= 0.3 is 0 Å². The summed E-state index contributed by atoms with van der Waals surface area (Å²) < 4.78 is 0. The van der Waals surface area contributed by atoms with Gasteiger partial charge in [-0.3, -0.25) is 0 Å². The molecule has 1 aliphatic heterocycles. The molecule has 1 unspecified atom stereocenters. The van der Waals surface area contributed by atoms with Crippen molar-refractivity contribution in [3.63, 3.8) is 0 Å². The zero-order chi connectivity index (χ0) is 13.3.